The molecule has 0 radical (unpaired) electrons. The first kappa shape index (κ1) is 14.4. The molecule has 4 rings (SSSR count). The monoisotopic (exact) mass is 326 g/mol. The number of hydrogen-bond acceptors (Lipinski definition) is 3. The van der Waals surface area contributed by atoms with Crippen molar-refractivity contribution in [3.8, 4) is 5.69 Å². The van der Waals surface area contributed by atoms with Gasteiger partial charge < -0.3 is 5.11 Å². The Balaban J connectivity index is 2.18. The molecule has 2 heterocycles. The second kappa shape index (κ2) is 5.48. The van der Waals surface area contributed by atoms with Crippen LogP contribution in [0.25, 0.3) is 16.7 Å². The van der Waals surface area contributed by atoms with Gasteiger partial charge >= 0.3 is 0 Å². The van der Waals surface area contributed by atoms with Gasteiger partial charge in [0.1, 0.15) is 5.65 Å². The van der Waals surface area contributed by atoms with Crippen LogP contribution in [0.2, 0.25) is 5.02 Å². The lowest BCUT2D eigenvalue weighted by atomic mass is 9.91. The summed E-state index contributed by atoms with van der Waals surface area (Å²) >= 11 is 6.14. The van der Waals surface area contributed by atoms with Crippen molar-refractivity contribution >= 4 is 22.6 Å². The van der Waals surface area contributed by atoms with Crippen LogP contribution in [-0.4, -0.2) is 14.7 Å². The molecule has 3 aromatic rings. The fraction of sp³-hybridized carbons (Fsp3) is 0.222. The molecule has 4 nitrogen and oxygen atoms in total. The summed E-state index contributed by atoms with van der Waals surface area (Å²) in [4.78, 5) is 17.2. The van der Waals surface area contributed by atoms with Crippen LogP contribution in [0.3, 0.4) is 0 Å². The second-order valence-electron chi connectivity index (χ2n) is 5.79. The smallest absolute Gasteiger partial charge is 0.197 e. The van der Waals surface area contributed by atoms with Crippen molar-refractivity contribution in [2.45, 2.75) is 25.4 Å². The maximum atomic E-state index is 12.8. The van der Waals surface area contributed by atoms with Crippen molar-refractivity contribution in [1.29, 1.82) is 0 Å². The Hall–Kier alpha value is -2.17. The highest BCUT2D eigenvalue weighted by atomic mass is 35.5. The molecular weight excluding hydrogens is 312 g/mol. The van der Waals surface area contributed by atoms with Gasteiger partial charge in [-0.1, -0.05) is 17.7 Å². The van der Waals surface area contributed by atoms with Crippen LogP contribution < -0.4 is 5.43 Å². The fourth-order valence-corrected chi connectivity index (χ4v) is 3.55. The molecule has 23 heavy (non-hydrogen) atoms. The quantitative estimate of drug-likeness (QED) is 0.745. The van der Waals surface area contributed by atoms with Crippen LogP contribution in [0.4, 0.5) is 0 Å². The zero-order valence-electron chi connectivity index (χ0n) is 12.4. The predicted octanol–water partition coefficient (Wildman–Crippen LogP) is 3.41. The molecule has 0 fully saturated rings. The summed E-state index contributed by atoms with van der Waals surface area (Å²) in [5.74, 6) is 0. The van der Waals surface area contributed by atoms with Gasteiger partial charge in [0.05, 0.1) is 11.5 Å². The molecule has 0 saturated heterocycles. The highest BCUT2D eigenvalue weighted by molar-refractivity contribution is 6.30. The average Bonchev–Trinajstić information content (AvgIpc) is 2.55. The molecule has 5 heteroatoms. The van der Waals surface area contributed by atoms with E-state index >= 15 is 0 Å². The minimum Gasteiger partial charge on any atom is -0.388 e. The molecular formula is C18H15ClN2O2. The Kier molecular flexibility index (Phi) is 3.43. The first-order valence-electron chi connectivity index (χ1n) is 7.63. The number of nitrogens with zero attached hydrogens (tertiary/aromatic N) is 2. The summed E-state index contributed by atoms with van der Waals surface area (Å²) in [6.45, 7) is 0. The molecule has 2 aromatic heterocycles. The molecule has 0 saturated carbocycles. The highest BCUT2D eigenvalue weighted by Gasteiger charge is 2.26. The van der Waals surface area contributed by atoms with Gasteiger partial charge in [-0.2, -0.15) is 0 Å². The summed E-state index contributed by atoms with van der Waals surface area (Å²) in [5.41, 5.74) is 2.67. The fourth-order valence-electron chi connectivity index (χ4n) is 3.37. The van der Waals surface area contributed by atoms with E-state index in [0.29, 0.717) is 28.0 Å². The van der Waals surface area contributed by atoms with Gasteiger partial charge in [-0.05, 0) is 49.6 Å². The van der Waals surface area contributed by atoms with E-state index in [4.69, 9.17) is 11.6 Å². The van der Waals surface area contributed by atoms with E-state index in [2.05, 4.69) is 4.98 Å². The van der Waals surface area contributed by atoms with Crippen LogP contribution in [0, 0.1) is 0 Å². The molecule has 0 aliphatic heterocycles. The number of rotatable bonds is 1. The van der Waals surface area contributed by atoms with Crippen LogP contribution in [0.1, 0.15) is 30.2 Å². The van der Waals surface area contributed by atoms with E-state index in [1.807, 2.05) is 28.8 Å². The molecule has 1 atom stereocenters. The van der Waals surface area contributed by atoms with Crippen molar-refractivity contribution in [2.75, 3.05) is 0 Å². The highest BCUT2D eigenvalue weighted by Crippen LogP contribution is 2.31. The summed E-state index contributed by atoms with van der Waals surface area (Å²) < 4.78 is 1.96. The maximum absolute atomic E-state index is 12.8. The van der Waals surface area contributed by atoms with E-state index in [1.54, 1.807) is 18.3 Å². The summed E-state index contributed by atoms with van der Waals surface area (Å²) in [6, 6.07) is 11.0. The Labute approximate surface area is 138 Å². The molecule has 0 amide bonds. The maximum Gasteiger partial charge on any atom is 0.197 e. The lowest BCUT2D eigenvalue weighted by Crippen LogP contribution is -2.26. The van der Waals surface area contributed by atoms with Crippen molar-refractivity contribution < 1.29 is 5.11 Å². The number of fused-ring (bicyclic) bond motifs is 2. The van der Waals surface area contributed by atoms with E-state index < -0.39 is 6.10 Å². The Morgan fingerprint density at radius 1 is 1.26 bits per heavy atom. The zero-order chi connectivity index (χ0) is 16.0. The van der Waals surface area contributed by atoms with Crippen LogP contribution in [-0.2, 0) is 6.42 Å². The van der Waals surface area contributed by atoms with Crippen molar-refractivity contribution in [3.05, 3.63) is 69.1 Å². The number of pyridine rings is 2. The number of hydrogen-bond donors (Lipinski definition) is 1. The normalized spacial score (nSPS) is 17.2. The number of aromatic nitrogens is 2. The first-order chi connectivity index (χ1) is 11.2. The number of halogens is 1. The van der Waals surface area contributed by atoms with Gasteiger partial charge in [0.25, 0.3) is 0 Å². The van der Waals surface area contributed by atoms with Crippen LogP contribution in [0.5, 0.6) is 0 Å². The van der Waals surface area contributed by atoms with E-state index in [9.17, 15) is 9.90 Å². The van der Waals surface area contributed by atoms with E-state index in [0.717, 1.165) is 24.2 Å². The largest absolute Gasteiger partial charge is 0.388 e. The van der Waals surface area contributed by atoms with Crippen molar-refractivity contribution in [2.24, 2.45) is 0 Å². The minimum absolute atomic E-state index is 0.117. The van der Waals surface area contributed by atoms with E-state index in [-0.39, 0.29) is 5.43 Å². The molecule has 1 aliphatic carbocycles. The van der Waals surface area contributed by atoms with Crippen molar-refractivity contribution in [3.63, 3.8) is 0 Å². The SMILES string of the molecule is O=c1c2c(n(-c3cccc(Cl)c3)c3ncccc13)CCCC2O. The third-order valence-corrected chi connectivity index (χ3v) is 4.59. The minimum atomic E-state index is -0.721. The van der Waals surface area contributed by atoms with Crippen LogP contribution >= 0.6 is 11.6 Å². The molecule has 0 bridgehead atoms. The molecule has 1 aliphatic rings. The van der Waals surface area contributed by atoms with Crippen molar-refractivity contribution in [1.82, 2.24) is 9.55 Å². The summed E-state index contributed by atoms with van der Waals surface area (Å²) in [6.07, 6.45) is 3.15. The Morgan fingerprint density at radius 3 is 2.96 bits per heavy atom. The molecule has 0 spiro atoms. The zero-order valence-corrected chi connectivity index (χ0v) is 13.1. The number of benzene rings is 1. The lowest BCUT2D eigenvalue weighted by Gasteiger charge is -2.26. The third kappa shape index (κ3) is 2.26. The second-order valence-corrected chi connectivity index (χ2v) is 6.22. The standard InChI is InChI=1S/C18H15ClN2O2/c19-11-4-1-5-12(10-11)21-14-7-2-8-15(22)16(14)17(23)13-6-3-9-20-18(13)21/h1,3-6,9-10,15,22H,2,7-8H2. The molecule has 1 aromatic carbocycles. The topological polar surface area (TPSA) is 55.1 Å². The van der Waals surface area contributed by atoms with E-state index in [1.165, 1.54) is 0 Å². The molecule has 1 N–H and O–H groups in total. The average molecular weight is 327 g/mol. The Bertz CT molecular complexity index is 965. The third-order valence-electron chi connectivity index (χ3n) is 4.36. The summed E-state index contributed by atoms with van der Waals surface area (Å²) in [7, 11) is 0. The van der Waals surface area contributed by atoms with Gasteiger partial charge in [-0.3, -0.25) is 9.36 Å². The predicted molar refractivity (Wildman–Crippen MR) is 90.2 cm³/mol. The Morgan fingerprint density at radius 2 is 2.13 bits per heavy atom. The lowest BCUT2D eigenvalue weighted by molar-refractivity contribution is 0.154. The molecule has 116 valence electrons. The van der Waals surface area contributed by atoms with Gasteiger partial charge in [0.15, 0.2) is 5.43 Å². The van der Waals surface area contributed by atoms with Crippen LogP contribution in [0.15, 0.2) is 47.4 Å². The van der Waals surface area contributed by atoms with Gasteiger partial charge in [0.2, 0.25) is 0 Å². The summed E-state index contributed by atoms with van der Waals surface area (Å²) in [5, 5.41) is 11.5. The van der Waals surface area contributed by atoms with Gasteiger partial charge in [-0.15, -0.1) is 0 Å². The molecule has 1 unspecified atom stereocenters. The first-order valence-corrected chi connectivity index (χ1v) is 8.01. The number of aliphatic hydroxyl groups is 1. The van der Waals surface area contributed by atoms with Gasteiger partial charge in [-0.25, -0.2) is 4.98 Å². The van der Waals surface area contributed by atoms with Gasteiger partial charge in [0, 0.05) is 28.2 Å². The number of aliphatic hydroxyl groups excluding tert-OH is 1.